The van der Waals surface area contributed by atoms with Gasteiger partial charge in [0.2, 0.25) is 0 Å². The van der Waals surface area contributed by atoms with Crippen molar-refractivity contribution in [3.05, 3.63) is 17.0 Å². The van der Waals surface area contributed by atoms with Gasteiger partial charge in [0.05, 0.1) is 18.1 Å². The van der Waals surface area contributed by atoms with Crippen LogP contribution in [0.15, 0.2) is 12.1 Å². The Labute approximate surface area is 206 Å². The molecule has 1 rings (SSSR count). The SMILES string of the molecule is CCCCCCCCCCCCCCCCCOc1ccc(C(=O)CC(=O)OCCCC)s1. The molecule has 33 heavy (non-hydrogen) atoms. The summed E-state index contributed by atoms with van der Waals surface area (Å²) in [6, 6.07) is 3.57. The summed E-state index contributed by atoms with van der Waals surface area (Å²) in [4.78, 5) is 24.4. The van der Waals surface area contributed by atoms with Gasteiger partial charge in [-0.05, 0) is 25.0 Å². The minimum absolute atomic E-state index is 0.191. The van der Waals surface area contributed by atoms with E-state index in [2.05, 4.69) is 6.92 Å². The molecular weight excluding hydrogens is 432 g/mol. The number of ketones is 1. The van der Waals surface area contributed by atoms with Gasteiger partial charge in [-0.2, -0.15) is 0 Å². The molecule has 0 bridgehead atoms. The molecule has 0 aliphatic rings. The van der Waals surface area contributed by atoms with Gasteiger partial charge in [-0.1, -0.05) is 121 Å². The molecule has 0 saturated carbocycles. The van der Waals surface area contributed by atoms with Crippen molar-refractivity contribution in [1.29, 1.82) is 0 Å². The minimum atomic E-state index is -0.442. The van der Waals surface area contributed by atoms with Gasteiger partial charge in [-0.25, -0.2) is 0 Å². The Kier molecular flexibility index (Phi) is 19.1. The number of unbranched alkanes of at least 4 members (excludes halogenated alkanes) is 15. The molecule has 1 aromatic rings. The summed E-state index contributed by atoms with van der Waals surface area (Å²) >= 11 is 1.32. The van der Waals surface area contributed by atoms with Crippen molar-refractivity contribution in [2.24, 2.45) is 0 Å². The van der Waals surface area contributed by atoms with Gasteiger partial charge >= 0.3 is 5.97 Å². The molecule has 0 unspecified atom stereocenters. The number of ether oxygens (including phenoxy) is 2. The van der Waals surface area contributed by atoms with Gasteiger partial charge in [-0.15, -0.1) is 0 Å². The molecule has 1 heterocycles. The van der Waals surface area contributed by atoms with E-state index in [9.17, 15) is 9.59 Å². The lowest BCUT2D eigenvalue weighted by atomic mass is 10.0. The van der Waals surface area contributed by atoms with E-state index in [0.29, 0.717) is 18.1 Å². The predicted molar refractivity (Wildman–Crippen MR) is 140 cm³/mol. The van der Waals surface area contributed by atoms with Gasteiger partial charge in [0.1, 0.15) is 6.42 Å². The number of hydrogen-bond acceptors (Lipinski definition) is 5. The fraction of sp³-hybridized carbons (Fsp3) is 0.786. The molecule has 0 amide bonds. The van der Waals surface area contributed by atoms with Crippen LogP contribution in [0.25, 0.3) is 0 Å². The van der Waals surface area contributed by atoms with E-state index in [1.54, 1.807) is 6.07 Å². The zero-order valence-electron chi connectivity index (χ0n) is 21.3. The van der Waals surface area contributed by atoms with Crippen molar-refractivity contribution < 1.29 is 19.1 Å². The number of hydrogen-bond donors (Lipinski definition) is 0. The summed E-state index contributed by atoms with van der Waals surface area (Å²) in [5.41, 5.74) is 0. The second kappa shape index (κ2) is 21.2. The van der Waals surface area contributed by atoms with Crippen LogP contribution in [0.1, 0.15) is 139 Å². The molecule has 0 spiro atoms. The number of rotatable bonds is 23. The summed E-state index contributed by atoms with van der Waals surface area (Å²) in [6.07, 6.45) is 21.8. The maximum absolute atomic E-state index is 12.2. The number of carbonyl (C=O) groups excluding carboxylic acids is 2. The molecule has 0 saturated heterocycles. The smallest absolute Gasteiger partial charge is 0.313 e. The maximum atomic E-state index is 12.2. The Bertz CT molecular complexity index is 611. The van der Waals surface area contributed by atoms with Crippen LogP contribution in [-0.2, 0) is 9.53 Å². The van der Waals surface area contributed by atoms with Crippen LogP contribution >= 0.6 is 11.3 Å². The molecule has 1 aromatic heterocycles. The van der Waals surface area contributed by atoms with Crippen LogP contribution < -0.4 is 4.74 Å². The van der Waals surface area contributed by atoms with Gasteiger partial charge < -0.3 is 9.47 Å². The van der Waals surface area contributed by atoms with Gasteiger partial charge in [0.15, 0.2) is 10.8 Å². The highest BCUT2D eigenvalue weighted by atomic mass is 32.1. The van der Waals surface area contributed by atoms with Crippen LogP contribution in [-0.4, -0.2) is 25.0 Å². The molecule has 0 aromatic carbocycles. The Morgan fingerprint density at radius 3 is 1.73 bits per heavy atom. The number of carbonyl (C=O) groups is 2. The van der Waals surface area contributed by atoms with E-state index in [0.717, 1.165) is 24.3 Å². The highest BCUT2D eigenvalue weighted by Gasteiger charge is 2.15. The number of Topliss-reactive ketones (excluding diaryl/α,β-unsaturated/α-hetero) is 1. The van der Waals surface area contributed by atoms with Gasteiger partial charge in [-0.3, -0.25) is 9.59 Å². The summed E-state index contributed by atoms with van der Waals surface area (Å²) in [5.74, 6) is -0.634. The van der Waals surface area contributed by atoms with Crippen molar-refractivity contribution in [3.8, 4) is 5.06 Å². The average molecular weight is 481 g/mol. The lowest BCUT2D eigenvalue weighted by Gasteiger charge is -2.04. The van der Waals surface area contributed by atoms with Crippen molar-refractivity contribution >= 4 is 23.1 Å². The van der Waals surface area contributed by atoms with Crippen molar-refractivity contribution in [2.75, 3.05) is 13.2 Å². The number of thiophene rings is 1. The van der Waals surface area contributed by atoms with Crippen molar-refractivity contribution in [2.45, 2.75) is 129 Å². The van der Waals surface area contributed by atoms with Crippen LogP contribution in [0.5, 0.6) is 5.06 Å². The molecule has 0 atom stereocenters. The molecular formula is C28H48O4S. The first-order valence-corrected chi connectivity index (χ1v) is 14.4. The quantitative estimate of drug-likeness (QED) is 0.0679. The first kappa shape index (κ1) is 29.7. The molecule has 5 heteroatoms. The van der Waals surface area contributed by atoms with Crippen molar-refractivity contribution in [3.63, 3.8) is 0 Å². The second-order valence-electron chi connectivity index (χ2n) is 9.09. The summed E-state index contributed by atoms with van der Waals surface area (Å²) < 4.78 is 10.8. The van der Waals surface area contributed by atoms with Gasteiger partial charge in [0, 0.05) is 0 Å². The van der Waals surface area contributed by atoms with Crippen LogP contribution in [0, 0.1) is 0 Å². The zero-order chi connectivity index (χ0) is 24.0. The van der Waals surface area contributed by atoms with Crippen LogP contribution in [0.4, 0.5) is 0 Å². The third-order valence-electron chi connectivity index (χ3n) is 5.91. The fourth-order valence-electron chi connectivity index (χ4n) is 3.79. The van der Waals surface area contributed by atoms with E-state index < -0.39 is 5.97 Å². The zero-order valence-corrected chi connectivity index (χ0v) is 22.2. The Morgan fingerprint density at radius 2 is 1.18 bits per heavy atom. The topological polar surface area (TPSA) is 52.6 Å². The minimum Gasteiger partial charge on any atom is -0.484 e. The third kappa shape index (κ3) is 16.8. The molecule has 0 aliphatic heterocycles. The van der Waals surface area contributed by atoms with E-state index in [1.165, 1.54) is 101 Å². The Hall–Kier alpha value is -1.36. The molecule has 0 radical (unpaired) electrons. The first-order valence-electron chi connectivity index (χ1n) is 13.6. The normalized spacial score (nSPS) is 11.0. The molecule has 190 valence electrons. The average Bonchev–Trinajstić information content (AvgIpc) is 3.28. The lowest BCUT2D eigenvalue weighted by Crippen LogP contribution is -2.11. The predicted octanol–water partition coefficient (Wildman–Crippen LogP) is 8.91. The highest BCUT2D eigenvalue weighted by molar-refractivity contribution is 7.15. The maximum Gasteiger partial charge on any atom is 0.313 e. The van der Waals surface area contributed by atoms with Gasteiger partial charge in [0.25, 0.3) is 0 Å². The first-order chi connectivity index (χ1) is 16.2. The molecule has 0 N–H and O–H groups in total. The highest BCUT2D eigenvalue weighted by Crippen LogP contribution is 2.26. The van der Waals surface area contributed by atoms with E-state index >= 15 is 0 Å². The lowest BCUT2D eigenvalue weighted by molar-refractivity contribution is -0.142. The summed E-state index contributed by atoms with van der Waals surface area (Å²) in [6.45, 7) is 5.38. The second-order valence-corrected chi connectivity index (χ2v) is 10.1. The van der Waals surface area contributed by atoms with Crippen LogP contribution in [0.3, 0.4) is 0 Å². The largest absolute Gasteiger partial charge is 0.484 e. The third-order valence-corrected chi connectivity index (χ3v) is 6.95. The van der Waals surface area contributed by atoms with E-state index in [4.69, 9.17) is 9.47 Å². The molecule has 0 aliphatic carbocycles. The van der Waals surface area contributed by atoms with Crippen molar-refractivity contribution in [1.82, 2.24) is 0 Å². The summed E-state index contributed by atoms with van der Waals surface area (Å²) in [5, 5.41) is 0.753. The molecule has 4 nitrogen and oxygen atoms in total. The fourth-order valence-corrected chi connectivity index (χ4v) is 4.61. The van der Waals surface area contributed by atoms with Crippen LogP contribution in [0.2, 0.25) is 0 Å². The Morgan fingerprint density at radius 1 is 0.667 bits per heavy atom. The monoisotopic (exact) mass is 480 g/mol. The van der Waals surface area contributed by atoms with E-state index in [1.807, 2.05) is 13.0 Å². The Balaban J connectivity index is 1.93. The molecule has 0 fully saturated rings. The number of esters is 1. The summed E-state index contributed by atoms with van der Waals surface area (Å²) in [7, 11) is 0. The standard InChI is InChI=1S/C28H48O4S/c1-3-5-7-8-9-10-11-12-13-14-15-16-17-18-19-23-32-28-21-20-26(33-28)25(29)24-27(30)31-22-6-4-2/h20-21H,3-19,22-24H2,1-2H3. The van der Waals surface area contributed by atoms with E-state index in [-0.39, 0.29) is 12.2 Å².